The van der Waals surface area contributed by atoms with E-state index < -0.39 is 16.0 Å². The molecule has 0 aromatic heterocycles. The van der Waals surface area contributed by atoms with Crippen LogP contribution in [0, 0.1) is 20.2 Å². The molecule has 4 aromatic carbocycles. The van der Waals surface area contributed by atoms with E-state index in [2.05, 4.69) is 4.90 Å². The van der Waals surface area contributed by atoms with E-state index in [1.165, 1.54) is 24.3 Å². The van der Waals surface area contributed by atoms with Crippen molar-refractivity contribution in [1.82, 2.24) is 4.90 Å². The van der Waals surface area contributed by atoms with Crippen LogP contribution in [0.15, 0.2) is 97.1 Å². The van der Waals surface area contributed by atoms with Gasteiger partial charge in [-0.1, -0.05) is 72.8 Å². The highest BCUT2D eigenvalue weighted by Gasteiger charge is 2.24. The van der Waals surface area contributed by atoms with Crippen LogP contribution in [0.5, 0.6) is 11.5 Å². The highest BCUT2D eigenvalue weighted by atomic mass is 16.6. The zero-order valence-electron chi connectivity index (χ0n) is 24.4. The van der Waals surface area contributed by atoms with Crippen LogP contribution in [0.25, 0.3) is 0 Å². The third kappa shape index (κ3) is 10.2. The fourth-order valence-electron chi connectivity index (χ4n) is 4.39. The first-order chi connectivity index (χ1) is 21.7. The molecule has 5 N–H and O–H groups in total. The largest absolute Gasteiger partial charge is 0.488 e. The number of hydrogen-bond acceptors (Lipinski definition) is 11. The fourth-order valence-corrected chi connectivity index (χ4v) is 4.39. The van der Waals surface area contributed by atoms with Gasteiger partial charge < -0.3 is 30.8 Å². The lowest BCUT2D eigenvalue weighted by atomic mass is 10.1. The Morgan fingerprint density at radius 1 is 0.778 bits per heavy atom. The number of para-hydroxylation sites is 2. The molecule has 0 aliphatic carbocycles. The quantitative estimate of drug-likeness (QED) is 0.0776. The number of epoxide rings is 1. The maximum absolute atomic E-state index is 11.0. The van der Waals surface area contributed by atoms with Gasteiger partial charge in [-0.25, -0.2) is 0 Å². The van der Waals surface area contributed by atoms with Crippen molar-refractivity contribution in [2.45, 2.75) is 25.3 Å². The molecule has 5 rings (SSSR count). The van der Waals surface area contributed by atoms with Gasteiger partial charge in [-0.15, -0.1) is 0 Å². The van der Waals surface area contributed by atoms with Gasteiger partial charge in [0, 0.05) is 31.8 Å². The van der Waals surface area contributed by atoms with Gasteiger partial charge >= 0.3 is 0 Å². The summed E-state index contributed by atoms with van der Waals surface area (Å²) in [6, 6.07) is 28.9. The van der Waals surface area contributed by atoms with Gasteiger partial charge in [-0.3, -0.25) is 25.1 Å². The van der Waals surface area contributed by atoms with Crippen molar-refractivity contribution in [3.63, 3.8) is 0 Å². The Balaban J connectivity index is 0.000000256. The minimum atomic E-state index is -0.795. The zero-order valence-corrected chi connectivity index (χ0v) is 24.4. The average molecular weight is 618 g/mol. The second kappa shape index (κ2) is 16.0. The summed E-state index contributed by atoms with van der Waals surface area (Å²) in [5.41, 5.74) is 13.4. The maximum atomic E-state index is 11.0. The zero-order chi connectivity index (χ0) is 32.2. The topological polar surface area (TPSA) is 193 Å². The van der Waals surface area contributed by atoms with Crippen molar-refractivity contribution in [2.75, 3.05) is 37.8 Å². The summed E-state index contributed by atoms with van der Waals surface area (Å²) in [6.07, 6.45) is -0.695. The van der Waals surface area contributed by atoms with Crippen LogP contribution in [0.4, 0.5) is 22.7 Å². The Bertz CT molecular complexity index is 1510. The molecule has 0 spiro atoms. The molecule has 0 radical (unpaired) electrons. The van der Waals surface area contributed by atoms with E-state index in [0.29, 0.717) is 38.6 Å². The molecule has 0 amide bonds. The lowest BCUT2D eigenvalue weighted by molar-refractivity contribution is -0.384. The molecular formula is C32H35N5O8. The number of nitro groups is 2. The first-order valence-corrected chi connectivity index (χ1v) is 14.1. The molecule has 13 heteroatoms. The Labute approximate surface area is 259 Å². The second-order valence-corrected chi connectivity index (χ2v) is 10.3. The van der Waals surface area contributed by atoms with Gasteiger partial charge in [0.25, 0.3) is 11.4 Å². The van der Waals surface area contributed by atoms with Crippen LogP contribution >= 0.6 is 0 Å². The second-order valence-electron chi connectivity index (χ2n) is 10.3. The fraction of sp³-hybridized carbons (Fsp3) is 0.250. The standard InChI is InChI=1S/C23H25N3O4.C9H10N2O4/c24-23-21(26(28)29)12-7-13-22(23)30-17-20(27)16-25(14-18-8-3-1-4-9-18)15-19-10-5-2-6-11-19;10-9-7(11(12)13)2-1-3-8(9)15-5-6-4-14-6/h1-13,20,27H,14-17,24H2;1-3,6H,4-5,10H2/t20-;6-/m00/s1. The molecule has 0 saturated carbocycles. The van der Waals surface area contributed by atoms with Crippen molar-refractivity contribution < 1.29 is 29.2 Å². The molecule has 13 nitrogen and oxygen atoms in total. The predicted octanol–water partition coefficient (Wildman–Crippen LogP) is 4.57. The van der Waals surface area contributed by atoms with E-state index >= 15 is 0 Å². The van der Waals surface area contributed by atoms with Crippen molar-refractivity contribution in [1.29, 1.82) is 0 Å². The molecule has 2 atom stereocenters. The molecule has 0 bridgehead atoms. The summed E-state index contributed by atoms with van der Waals surface area (Å²) in [5, 5.41) is 32.2. The van der Waals surface area contributed by atoms with Crippen LogP contribution in [-0.2, 0) is 17.8 Å². The van der Waals surface area contributed by atoms with Crippen molar-refractivity contribution in [3.8, 4) is 11.5 Å². The van der Waals surface area contributed by atoms with Crippen LogP contribution in [0.1, 0.15) is 11.1 Å². The molecule has 236 valence electrons. The third-order valence-electron chi connectivity index (χ3n) is 6.70. The number of aliphatic hydroxyl groups excluding tert-OH is 1. The van der Waals surface area contributed by atoms with Gasteiger partial charge in [0.1, 0.15) is 36.9 Å². The van der Waals surface area contributed by atoms with E-state index in [4.69, 9.17) is 25.7 Å². The van der Waals surface area contributed by atoms with Crippen molar-refractivity contribution in [3.05, 3.63) is 128 Å². The van der Waals surface area contributed by atoms with E-state index in [-0.39, 0.29) is 41.2 Å². The normalized spacial score (nSPS) is 14.1. The number of nitrogen functional groups attached to an aromatic ring is 2. The molecule has 1 fully saturated rings. The van der Waals surface area contributed by atoms with E-state index in [1.54, 1.807) is 12.1 Å². The monoisotopic (exact) mass is 617 g/mol. The average Bonchev–Trinajstić information content (AvgIpc) is 3.86. The number of benzene rings is 4. The number of anilines is 2. The summed E-state index contributed by atoms with van der Waals surface area (Å²) in [4.78, 5) is 22.6. The summed E-state index contributed by atoms with van der Waals surface area (Å²) in [6.45, 7) is 2.75. The number of nitrogens with zero attached hydrogens (tertiary/aromatic N) is 3. The number of nitrogens with two attached hydrogens (primary N) is 2. The molecule has 1 saturated heterocycles. The Morgan fingerprint density at radius 2 is 1.24 bits per heavy atom. The summed E-state index contributed by atoms with van der Waals surface area (Å²) >= 11 is 0. The third-order valence-corrected chi connectivity index (χ3v) is 6.70. The summed E-state index contributed by atoms with van der Waals surface area (Å²) in [7, 11) is 0. The summed E-state index contributed by atoms with van der Waals surface area (Å²) in [5.74, 6) is 0.528. The minimum absolute atomic E-state index is 0.0224. The lowest BCUT2D eigenvalue weighted by Gasteiger charge is -2.25. The van der Waals surface area contributed by atoms with E-state index in [0.717, 1.165) is 11.1 Å². The molecule has 1 aliphatic rings. The van der Waals surface area contributed by atoms with Crippen LogP contribution in [0.3, 0.4) is 0 Å². The smallest absolute Gasteiger partial charge is 0.295 e. The molecule has 45 heavy (non-hydrogen) atoms. The van der Waals surface area contributed by atoms with Gasteiger partial charge in [0.05, 0.1) is 16.5 Å². The highest BCUT2D eigenvalue weighted by molar-refractivity contribution is 5.67. The minimum Gasteiger partial charge on any atom is -0.488 e. The van der Waals surface area contributed by atoms with Gasteiger partial charge in [-0.05, 0) is 23.3 Å². The number of nitro benzene ring substituents is 2. The SMILES string of the molecule is Nc1c(OC[C@@H](O)CN(Cc2ccccc2)Cc2ccccc2)cccc1[N+](=O)[O-].Nc1c(OC[C@@H]2CO2)cccc1[N+](=O)[O-]. The molecule has 1 aliphatic heterocycles. The maximum Gasteiger partial charge on any atom is 0.295 e. The van der Waals surface area contributed by atoms with E-state index in [1.807, 2.05) is 60.7 Å². The van der Waals surface area contributed by atoms with Crippen LogP contribution < -0.4 is 20.9 Å². The number of aliphatic hydroxyl groups is 1. The Hall–Kier alpha value is -5.24. The highest BCUT2D eigenvalue weighted by Crippen LogP contribution is 2.32. The van der Waals surface area contributed by atoms with Crippen LogP contribution in [0.2, 0.25) is 0 Å². The number of ether oxygens (including phenoxy) is 3. The first kappa shape index (κ1) is 32.7. The van der Waals surface area contributed by atoms with Gasteiger partial charge in [0.2, 0.25) is 0 Å². The molecule has 1 heterocycles. The number of rotatable bonds is 14. The molecule has 0 unspecified atom stereocenters. The Morgan fingerprint density at radius 3 is 1.69 bits per heavy atom. The summed E-state index contributed by atoms with van der Waals surface area (Å²) < 4.78 is 15.8. The van der Waals surface area contributed by atoms with Gasteiger partial charge in [0.15, 0.2) is 11.4 Å². The molecular weight excluding hydrogens is 582 g/mol. The Kier molecular flexibility index (Phi) is 11.6. The number of hydrogen-bond donors (Lipinski definition) is 3. The predicted molar refractivity (Wildman–Crippen MR) is 169 cm³/mol. The van der Waals surface area contributed by atoms with Crippen LogP contribution in [-0.4, -0.2) is 58.4 Å². The van der Waals surface area contributed by atoms with Crippen molar-refractivity contribution in [2.24, 2.45) is 0 Å². The van der Waals surface area contributed by atoms with E-state index in [9.17, 15) is 25.3 Å². The lowest BCUT2D eigenvalue weighted by Crippen LogP contribution is -2.35. The van der Waals surface area contributed by atoms with Gasteiger partial charge in [-0.2, -0.15) is 0 Å². The molecule has 4 aromatic rings. The van der Waals surface area contributed by atoms with Crippen molar-refractivity contribution >= 4 is 22.7 Å². The first-order valence-electron chi connectivity index (χ1n) is 14.1.